The van der Waals surface area contributed by atoms with Crippen molar-refractivity contribution in [2.75, 3.05) is 7.11 Å². The Kier molecular flexibility index (Phi) is 3.09. The molecule has 15 heavy (non-hydrogen) atoms. The Balaban J connectivity index is 2.95. The number of carbonyl (C=O) groups excluding carboxylic acids is 2. The van der Waals surface area contributed by atoms with Crippen molar-refractivity contribution >= 4 is 11.8 Å². The fourth-order valence-electron chi connectivity index (χ4n) is 1.64. The molecule has 0 spiro atoms. The van der Waals surface area contributed by atoms with Crippen molar-refractivity contribution < 1.29 is 19.4 Å². The summed E-state index contributed by atoms with van der Waals surface area (Å²) in [6, 6.07) is 0. The van der Waals surface area contributed by atoms with Gasteiger partial charge in [0.1, 0.15) is 5.60 Å². The van der Waals surface area contributed by atoms with Crippen LogP contribution >= 0.6 is 0 Å². The Morgan fingerprint density at radius 1 is 1.40 bits per heavy atom. The highest BCUT2D eigenvalue weighted by Crippen LogP contribution is 2.25. The number of carbonyl (C=O) groups is 2. The van der Waals surface area contributed by atoms with Crippen molar-refractivity contribution in [3.63, 3.8) is 0 Å². The maximum atomic E-state index is 11.4. The van der Waals surface area contributed by atoms with Crippen LogP contribution in [0.2, 0.25) is 0 Å². The third-order valence-electron chi connectivity index (χ3n) is 2.30. The number of ether oxygens (including phenoxy) is 1. The van der Waals surface area contributed by atoms with E-state index in [-0.39, 0.29) is 12.2 Å². The van der Waals surface area contributed by atoms with Gasteiger partial charge in [0, 0.05) is 0 Å². The molecule has 0 radical (unpaired) electrons. The van der Waals surface area contributed by atoms with Gasteiger partial charge < -0.3 is 9.84 Å². The van der Waals surface area contributed by atoms with Crippen molar-refractivity contribution in [1.29, 1.82) is 0 Å². The predicted molar refractivity (Wildman–Crippen MR) is 54.1 cm³/mol. The van der Waals surface area contributed by atoms with Crippen LogP contribution in [0.4, 0.5) is 0 Å². The smallest absolute Gasteiger partial charge is 0.309 e. The van der Waals surface area contributed by atoms with Crippen LogP contribution in [-0.4, -0.2) is 29.6 Å². The number of aliphatic hydroxyl groups is 1. The van der Waals surface area contributed by atoms with Gasteiger partial charge >= 0.3 is 5.97 Å². The Labute approximate surface area is 88.2 Å². The molecule has 0 bridgehead atoms. The fraction of sp³-hybridized carbons (Fsp3) is 0.455. The first-order valence-corrected chi connectivity index (χ1v) is 4.61. The summed E-state index contributed by atoms with van der Waals surface area (Å²) in [7, 11) is 1.26. The molecule has 0 heterocycles. The molecule has 0 saturated carbocycles. The number of Topliss-reactive ketones (excluding diaryl/α,β-unsaturated/α-hetero) is 1. The minimum absolute atomic E-state index is 0.107. The third kappa shape index (κ3) is 2.53. The lowest BCUT2D eigenvalue weighted by molar-refractivity contribution is -0.143. The molecule has 0 fully saturated rings. The number of allylic oxidation sites excluding steroid dienone is 2. The van der Waals surface area contributed by atoms with Crippen LogP contribution in [0.25, 0.3) is 0 Å². The predicted octanol–water partition coefficient (Wildman–Crippen LogP) is 0.756. The maximum absolute atomic E-state index is 11.4. The van der Waals surface area contributed by atoms with Crippen LogP contribution in [-0.2, 0) is 14.3 Å². The zero-order valence-corrected chi connectivity index (χ0v) is 9.03. The number of esters is 1. The van der Waals surface area contributed by atoms with Gasteiger partial charge in [0.05, 0.1) is 13.5 Å². The van der Waals surface area contributed by atoms with E-state index in [1.54, 1.807) is 13.8 Å². The highest BCUT2D eigenvalue weighted by atomic mass is 16.5. The monoisotopic (exact) mass is 210 g/mol. The molecular weight excluding hydrogens is 196 g/mol. The van der Waals surface area contributed by atoms with Crippen molar-refractivity contribution in [2.45, 2.75) is 25.9 Å². The molecule has 4 heteroatoms. The van der Waals surface area contributed by atoms with Gasteiger partial charge in [0.25, 0.3) is 0 Å². The zero-order valence-electron chi connectivity index (χ0n) is 9.03. The molecule has 0 aromatic heterocycles. The number of hydrogen-bond acceptors (Lipinski definition) is 4. The maximum Gasteiger partial charge on any atom is 0.309 e. The van der Waals surface area contributed by atoms with Crippen molar-refractivity contribution in [3.05, 3.63) is 23.3 Å². The molecule has 0 unspecified atom stereocenters. The third-order valence-corrected chi connectivity index (χ3v) is 2.30. The lowest BCUT2D eigenvalue weighted by Gasteiger charge is -2.24. The van der Waals surface area contributed by atoms with Crippen LogP contribution < -0.4 is 0 Å². The van der Waals surface area contributed by atoms with Gasteiger partial charge in [0.15, 0.2) is 5.78 Å². The molecule has 1 N–H and O–H groups in total. The summed E-state index contributed by atoms with van der Waals surface area (Å²) in [5, 5.41) is 10.0. The Bertz CT molecular complexity index is 341. The van der Waals surface area contributed by atoms with E-state index in [0.29, 0.717) is 11.1 Å². The molecular formula is C11H14O4. The molecule has 0 aromatic carbocycles. The topological polar surface area (TPSA) is 63.6 Å². The lowest BCUT2D eigenvalue weighted by Crippen LogP contribution is -2.32. The van der Waals surface area contributed by atoms with Crippen molar-refractivity contribution in [1.82, 2.24) is 0 Å². The van der Waals surface area contributed by atoms with E-state index in [9.17, 15) is 14.7 Å². The normalized spacial score (nSPS) is 19.3. The van der Waals surface area contributed by atoms with E-state index in [0.717, 1.165) is 0 Å². The first-order valence-electron chi connectivity index (χ1n) is 4.61. The molecule has 0 atom stereocenters. The van der Waals surface area contributed by atoms with Gasteiger partial charge in [-0.1, -0.05) is 0 Å². The van der Waals surface area contributed by atoms with Crippen LogP contribution in [0.3, 0.4) is 0 Å². The standard InChI is InChI=1S/C11H14O4/c1-7-4-11(14,6-9(12)15-3)5-8(2)10(7)13/h4-5,14H,6H2,1-3H3. The summed E-state index contributed by atoms with van der Waals surface area (Å²) >= 11 is 0. The molecule has 1 rings (SSSR count). The van der Waals surface area contributed by atoms with E-state index in [2.05, 4.69) is 4.74 Å². The summed E-state index contributed by atoms with van der Waals surface area (Å²) < 4.78 is 4.47. The van der Waals surface area contributed by atoms with Gasteiger partial charge in [-0.3, -0.25) is 9.59 Å². The molecule has 0 aromatic rings. The van der Waals surface area contributed by atoms with E-state index in [4.69, 9.17) is 0 Å². The van der Waals surface area contributed by atoms with E-state index in [1.807, 2.05) is 0 Å². The summed E-state index contributed by atoms with van der Waals surface area (Å²) in [6.45, 7) is 3.22. The highest BCUT2D eigenvalue weighted by molar-refractivity contribution is 6.08. The molecule has 0 amide bonds. The number of methoxy groups -OCH3 is 1. The van der Waals surface area contributed by atoms with E-state index in [1.165, 1.54) is 19.3 Å². The fourth-order valence-corrected chi connectivity index (χ4v) is 1.64. The Morgan fingerprint density at radius 3 is 2.27 bits per heavy atom. The number of hydrogen-bond donors (Lipinski definition) is 1. The number of rotatable bonds is 2. The first kappa shape index (κ1) is 11.7. The van der Waals surface area contributed by atoms with Crippen LogP contribution in [0.1, 0.15) is 20.3 Å². The molecule has 0 aliphatic heterocycles. The summed E-state index contributed by atoms with van der Waals surface area (Å²) in [5.74, 6) is -0.621. The molecule has 4 nitrogen and oxygen atoms in total. The summed E-state index contributed by atoms with van der Waals surface area (Å²) in [5.41, 5.74) is -0.502. The molecule has 1 aliphatic rings. The minimum atomic E-state index is -1.39. The van der Waals surface area contributed by atoms with Gasteiger partial charge in [-0.05, 0) is 37.1 Å². The molecule has 0 saturated heterocycles. The summed E-state index contributed by atoms with van der Waals surface area (Å²) in [6.07, 6.45) is 2.60. The van der Waals surface area contributed by atoms with Gasteiger partial charge in [-0.15, -0.1) is 0 Å². The second-order valence-corrected chi connectivity index (χ2v) is 3.73. The minimum Gasteiger partial charge on any atom is -0.469 e. The largest absolute Gasteiger partial charge is 0.469 e. The highest BCUT2D eigenvalue weighted by Gasteiger charge is 2.31. The average Bonchev–Trinajstić information content (AvgIpc) is 2.13. The van der Waals surface area contributed by atoms with E-state index < -0.39 is 11.6 Å². The van der Waals surface area contributed by atoms with Crippen molar-refractivity contribution in [3.8, 4) is 0 Å². The summed E-state index contributed by atoms with van der Waals surface area (Å²) in [4.78, 5) is 22.5. The van der Waals surface area contributed by atoms with Gasteiger partial charge in [-0.25, -0.2) is 0 Å². The molecule has 82 valence electrons. The second-order valence-electron chi connectivity index (χ2n) is 3.73. The quantitative estimate of drug-likeness (QED) is 0.683. The lowest BCUT2D eigenvalue weighted by atomic mass is 9.86. The van der Waals surface area contributed by atoms with Gasteiger partial charge in [0.2, 0.25) is 0 Å². The average molecular weight is 210 g/mol. The van der Waals surface area contributed by atoms with Gasteiger partial charge in [-0.2, -0.15) is 0 Å². The SMILES string of the molecule is COC(=O)CC1(O)C=C(C)C(=O)C(C)=C1. The zero-order chi connectivity index (χ0) is 11.6. The van der Waals surface area contributed by atoms with Crippen molar-refractivity contribution in [2.24, 2.45) is 0 Å². The van der Waals surface area contributed by atoms with E-state index >= 15 is 0 Å². The number of ketones is 1. The second kappa shape index (κ2) is 3.98. The first-order chi connectivity index (χ1) is 6.88. The van der Waals surface area contributed by atoms with Crippen LogP contribution in [0.5, 0.6) is 0 Å². The Morgan fingerprint density at radius 2 is 1.87 bits per heavy atom. The Hall–Kier alpha value is -1.42. The van der Waals surface area contributed by atoms with Crippen LogP contribution in [0, 0.1) is 0 Å². The molecule has 1 aliphatic carbocycles. The van der Waals surface area contributed by atoms with Crippen LogP contribution in [0.15, 0.2) is 23.3 Å².